The SMILES string of the molecule is Cc1cc(C(=O)Nc2ccc(C(=O)O)cc2)nc(C2CC2(C)C)c1. The van der Waals surface area contributed by atoms with Gasteiger partial charge in [0.2, 0.25) is 0 Å². The second kappa shape index (κ2) is 5.74. The Balaban J connectivity index is 1.78. The number of carbonyl (C=O) groups is 2. The van der Waals surface area contributed by atoms with Crippen LogP contribution in [0.4, 0.5) is 5.69 Å². The summed E-state index contributed by atoms with van der Waals surface area (Å²) in [6, 6.07) is 9.86. The van der Waals surface area contributed by atoms with Crippen LogP contribution < -0.4 is 5.32 Å². The van der Waals surface area contributed by atoms with Crippen molar-refractivity contribution < 1.29 is 14.7 Å². The molecule has 5 nitrogen and oxygen atoms in total. The Morgan fingerprint density at radius 1 is 1.21 bits per heavy atom. The number of hydrogen-bond acceptors (Lipinski definition) is 3. The molecule has 1 amide bonds. The third kappa shape index (κ3) is 3.30. The van der Waals surface area contributed by atoms with E-state index in [1.807, 2.05) is 13.0 Å². The molecule has 0 aliphatic heterocycles. The van der Waals surface area contributed by atoms with E-state index in [0.29, 0.717) is 17.3 Å². The van der Waals surface area contributed by atoms with Crippen molar-refractivity contribution in [1.82, 2.24) is 4.98 Å². The largest absolute Gasteiger partial charge is 0.478 e. The first-order valence-corrected chi connectivity index (χ1v) is 7.89. The average Bonchev–Trinajstić information content (AvgIpc) is 3.16. The van der Waals surface area contributed by atoms with Crippen LogP contribution in [0.15, 0.2) is 36.4 Å². The van der Waals surface area contributed by atoms with Crippen molar-refractivity contribution in [2.45, 2.75) is 33.1 Å². The van der Waals surface area contributed by atoms with Crippen molar-refractivity contribution in [3.05, 3.63) is 58.9 Å². The fraction of sp³-hybridized carbons (Fsp3) is 0.316. The Kier molecular flexibility index (Phi) is 3.87. The third-order valence-electron chi connectivity index (χ3n) is 4.48. The molecule has 0 radical (unpaired) electrons. The lowest BCUT2D eigenvalue weighted by Crippen LogP contribution is -2.15. The van der Waals surface area contributed by atoms with Crippen molar-refractivity contribution >= 4 is 17.6 Å². The number of rotatable bonds is 4. The van der Waals surface area contributed by atoms with Gasteiger partial charge in [-0.3, -0.25) is 4.79 Å². The van der Waals surface area contributed by atoms with Crippen LogP contribution in [0.2, 0.25) is 0 Å². The smallest absolute Gasteiger partial charge is 0.335 e. The van der Waals surface area contributed by atoms with Crippen LogP contribution in [0.5, 0.6) is 0 Å². The zero-order valence-electron chi connectivity index (χ0n) is 14.0. The molecule has 1 atom stereocenters. The minimum Gasteiger partial charge on any atom is -0.478 e. The summed E-state index contributed by atoms with van der Waals surface area (Å²) in [5.74, 6) is -0.884. The molecule has 1 aliphatic rings. The van der Waals surface area contributed by atoms with Gasteiger partial charge in [-0.2, -0.15) is 0 Å². The summed E-state index contributed by atoms with van der Waals surface area (Å²) >= 11 is 0. The number of nitrogens with one attached hydrogen (secondary N) is 1. The highest BCUT2D eigenvalue weighted by Gasteiger charge is 2.47. The second-order valence-corrected chi connectivity index (χ2v) is 7.04. The van der Waals surface area contributed by atoms with Gasteiger partial charge in [0, 0.05) is 17.3 Å². The molecular weight excluding hydrogens is 304 g/mol. The maximum atomic E-state index is 12.5. The molecule has 2 N–H and O–H groups in total. The molecular formula is C19H20N2O3. The van der Waals surface area contributed by atoms with Crippen LogP contribution in [-0.2, 0) is 0 Å². The van der Waals surface area contributed by atoms with Crippen molar-refractivity contribution in [2.24, 2.45) is 5.41 Å². The van der Waals surface area contributed by atoms with Crippen LogP contribution in [0, 0.1) is 12.3 Å². The Morgan fingerprint density at radius 2 is 1.83 bits per heavy atom. The van der Waals surface area contributed by atoms with E-state index in [1.54, 1.807) is 18.2 Å². The van der Waals surface area contributed by atoms with Crippen LogP contribution in [0.1, 0.15) is 58.3 Å². The lowest BCUT2D eigenvalue weighted by Gasteiger charge is -2.09. The topological polar surface area (TPSA) is 79.3 Å². The monoisotopic (exact) mass is 324 g/mol. The lowest BCUT2D eigenvalue weighted by molar-refractivity contribution is 0.0696. The first-order chi connectivity index (χ1) is 11.3. The normalized spacial score (nSPS) is 18.0. The van der Waals surface area contributed by atoms with Gasteiger partial charge in [-0.1, -0.05) is 13.8 Å². The Bertz CT molecular complexity index is 810. The van der Waals surface area contributed by atoms with E-state index in [2.05, 4.69) is 24.1 Å². The van der Waals surface area contributed by atoms with Crippen molar-refractivity contribution in [1.29, 1.82) is 0 Å². The first kappa shape index (κ1) is 16.2. The summed E-state index contributed by atoms with van der Waals surface area (Å²) in [6.45, 7) is 6.36. The first-order valence-electron chi connectivity index (χ1n) is 7.89. The maximum Gasteiger partial charge on any atom is 0.335 e. The summed E-state index contributed by atoms with van der Waals surface area (Å²) in [4.78, 5) is 27.8. The molecule has 1 unspecified atom stereocenters. The summed E-state index contributed by atoms with van der Waals surface area (Å²) < 4.78 is 0. The molecule has 0 spiro atoms. The van der Waals surface area contributed by atoms with E-state index in [9.17, 15) is 9.59 Å². The van der Waals surface area contributed by atoms with Gasteiger partial charge in [0.1, 0.15) is 5.69 Å². The Morgan fingerprint density at radius 3 is 2.38 bits per heavy atom. The van der Waals surface area contributed by atoms with Crippen LogP contribution in [0.25, 0.3) is 0 Å². The fourth-order valence-electron chi connectivity index (χ4n) is 2.85. The standard InChI is InChI=1S/C19H20N2O3/c1-11-8-15(14-10-19(14,2)3)21-16(9-11)17(22)20-13-6-4-12(5-7-13)18(23)24/h4-9,14H,10H2,1-3H3,(H,20,22)(H,23,24). The number of aromatic carboxylic acids is 1. The highest BCUT2D eigenvalue weighted by atomic mass is 16.4. The molecule has 1 aromatic carbocycles. The summed E-state index contributed by atoms with van der Waals surface area (Å²) in [5, 5.41) is 11.7. The van der Waals surface area contributed by atoms with Gasteiger partial charge in [0.15, 0.2) is 0 Å². The van der Waals surface area contributed by atoms with E-state index in [1.165, 1.54) is 12.1 Å². The number of pyridine rings is 1. The predicted molar refractivity (Wildman–Crippen MR) is 91.5 cm³/mol. The van der Waals surface area contributed by atoms with E-state index < -0.39 is 5.97 Å². The molecule has 1 fully saturated rings. The molecule has 1 aliphatic carbocycles. The van der Waals surface area contributed by atoms with Crippen molar-refractivity contribution in [3.63, 3.8) is 0 Å². The number of carboxylic acid groups (broad SMARTS) is 1. The molecule has 1 aromatic heterocycles. The van der Waals surface area contributed by atoms with E-state index in [4.69, 9.17) is 5.11 Å². The molecule has 24 heavy (non-hydrogen) atoms. The van der Waals surface area contributed by atoms with Gasteiger partial charge in [-0.25, -0.2) is 9.78 Å². The quantitative estimate of drug-likeness (QED) is 0.895. The number of amides is 1. The zero-order valence-corrected chi connectivity index (χ0v) is 14.0. The van der Waals surface area contributed by atoms with Crippen LogP contribution in [-0.4, -0.2) is 22.0 Å². The van der Waals surface area contributed by atoms with E-state index in [0.717, 1.165) is 17.7 Å². The Hall–Kier alpha value is -2.69. The van der Waals surface area contributed by atoms with Crippen LogP contribution >= 0.6 is 0 Å². The molecule has 0 bridgehead atoms. The van der Waals surface area contributed by atoms with Gasteiger partial charge in [0.05, 0.1) is 5.56 Å². The number of hydrogen-bond donors (Lipinski definition) is 2. The molecule has 1 saturated carbocycles. The number of carbonyl (C=O) groups excluding carboxylic acids is 1. The van der Waals surface area contributed by atoms with Crippen LogP contribution in [0.3, 0.4) is 0 Å². The zero-order chi connectivity index (χ0) is 17.5. The number of nitrogens with zero attached hydrogens (tertiary/aromatic N) is 1. The van der Waals surface area contributed by atoms with E-state index in [-0.39, 0.29) is 16.9 Å². The maximum absolute atomic E-state index is 12.5. The minimum atomic E-state index is -0.995. The highest BCUT2D eigenvalue weighted by molar-refractivity contribution is 6.03. The summed E-state index contributed by atoms with van der Waals surface area (Å²) in [7, 11) is 0. The summed E-state index contributed by atoms with van der Waals surface area (Å²) in [5.41, 5.74) is 3.33. The lowest BCUT2D eigenvalue weighted by atomic mass is 10.1. The minimum absolute atomic E-state index is 0.180. The van der Waals surface area contributed by atoms with Crippen molar-refractivity contribution in [2.75, 3.05) is 5.32 Å². The molecule has 2 aromatic rings. The highest BCUT2D eigenvalue weighted by Crippen LogP contribution is 2.58. The van der Waals surface area contributed by atoms with E-state index >= 15 is 0 Å². The van der Waals surface area contributed by atoms with Gasteiger partial charge >= 0.3 is 5.97 Å². The number of aromatic nitrogens is 1. The second-order valence-electron chi connectivity index (χ2n) is 7.04. The third-order valence-corrected chi connectivity index (χ3v) is 4.48. The number of aryl methyl sites for hydroxylation is 1. The Labute approximate surface area is 140 Å². The number of carboxylic acids is 1. The fourth-order valence-corrected chi connectivity index (χ4v) is 2.85. The number of anilines is 1. The van der Waals surface area contributed by atoms with Gasteiger partial charge < -0.3 is 10.4 Å². The molecule has 1 heterocycles. The number of benzene rings is 1. The van der Waals surface area contributed by atoms with Crippen molar-refractivity contribution in [3.8, 4) is 0 Å². The average molecular weight is 324 g/mol. The van der Waals surface area contributed by atoms with Gasteiger partial charge in [-0.15, -0.1) is 0 Å². The molecule has 0 saturated heterocycles. The van der Waals surface area contributed by atoms with Gasteiger partial charge in [-0.05, 0) is 60.7 Å². The predicted octanol–water partition coefficient (Wildman–Crippen LogP) is 3.85. The summed E-state index contributed by atoms with van der Waals surface area (Å²) in [6.07, 6.45) is 1.08. The molecule has 124 valence electrons. The van der Waals surface area contributed by atoms with Gasteiger partial charge in [0.25, 0.3) is 5.91 Å². The molecule has 3 rings (SSSR count). The molecule has 5 heteroatoms.